The maximum atomic E-state index is 12.7. The fourth-order valence-electron chi connectivity index (χ4n) is 3.12. The molecule has 1 aliphatic heterocycles. The summed E-state index contributed by atoms with van der Waals surface area (Å²) in [4.78, 5) is 38.0. The highest BCUT2D eigenvalue weighted by atomic mass is 35.5. The molecule has 2 N–H and O–H groups in total. The molecule has 0 aromatic heterocycles. The number of imide groups is 2. The van der Waals surface area contributed by atoms with E-state index in [2.05, 4.69) is 5.32 Å². The van der Waals surface area contributed by atoms with Crippen LogP contribution in [0.5, 0.6) is 5.75 Å². The van der Waals surface area contributed by atoms with Crippen LogP contribution in [0.1, 0.15) is 37.7 Å². The molecule has 3 rings (SSSR count). The number of rotatable bonds is 2. The Balaban J connectivity index is 1.92. The summed E-state index contributed by atoms with van der Waals surface area (Å²) in [7, 11) is 0. The third-order valence-electron chi connectivity index (χ3n) is 4.36. The van der Waals surface area contributed by atoms with Gasteiger partial charge >= 0.3 is 6.03 Å². The predicted molar refractivity (Wildman–Crippen MR) is 88.4 cm³/mol. The van der Waals surface area contributed by atoms with Crippen molar-refractivity contribution in [3.8, 4) is 5.75 Å². The van der Waals surface area contributed by atoms with E-state index in [4.69, 9.17) is 11.6 Å². The topological polar surface area (TPSA) is 86.7 Å². The van der Waals surface area contributed by atoms with Crippen molar-refractivity contribution in [3.05, 3.63) is 34.4 Å². The molecule has 1 heterocycles. The second-order valence-corrected chi connectivity index (χ2v) is 6.40. The lowest BCUT2D eigenvalue weighted by atomic mass is 9.93. The van der Waals surface area contributed by atoms with E-state index in [1.165, 1.54) is 24.3 Å². The SMILES string of the molecule is O=C1NC(=O)N(C2CCCCC2)C(=O)C1=Cc1ccc(O)c(Cl)c1. The van der Waals surface area contributed by atoms with Gasteiger partial charge in [0.25, 0.3) is 11.8 Å². The van der Waals surface area contributed by atoms with E-state index in [9.17, 15) is 19.5 Å². The number of phenols is 1. The van der Waals surface area contributed by atoms with Crippen molar-refractivity contribution in [2.24, 2.45) is 0 Å². The van der Waals surface area contributed by atoms with Crippen LogP contribution < -0.4 is 5.32 Å². The van der Waals surface area contributed by atoms with Gasteiger partial charge in [0.15, 0.2) is 0 Å². The van der Waals surface area contributed by atoms with Gasteiger partial charge in [0.2, 0.25) is 0 Å². The highest BCUT2D eigenvalue weighted by Crippen LogP contribution is 2.28. The summed E-state index contributed by atoms with van der Waals surface area (Å²) in [6.45, 7) is 0. The average Bonchev–Trinajstić information content (AvgIpc) is 2.55. The van der Waals surface area contributed by atoms with E-state index in [0.717, 1.165) is 37.0 Å². The first kappa shape index (κ1) is 16.5. The number of barbiturate groups is 1. The second kappa shape index (κ2) is 6.65. The monoisotopic (exact) mass is 348 g/mol. The first-order chi connectivity index (χ1) is 11.5. The molecule has 2 aliphatic rings. The summed E-state index contributed by atoms with van der Waals surface area (Å²) in [5.74, 6) is -1.39. The zero-order valence-electron chi connectivity index (χ0n) is 12.9. The van der Waals surface area contributed by atoms with Gasteiger partial charge < -0.3 is 5.11 Å². The Morgan fingerprint density at radius 1 is 1.17 bits per heavy atom. The number of phenolic OH excluding ortho intramolecular Hbond substituents is 1. The van der Waals surface area contributed by atoms with Crippen molar-refractivity contribution in [2.75, 3.05) is 0 Å². The molecule has 0 radical (unpaired) electrons. The van der Waals surface area contributed by atoms with Gasteiger partial charge in [-0.05, 0) is 36.6 Å². The number of aromatic hydroxyl groups is 1. The van der Waals surface area contributed by atoms with Crippen LogP contribution in [0.25, 0.3) is 6.08 Å². The van der Waals surface area contributed by atoms with Crippen molar-refractivity contribution < 1.29 is 19.5 Å². The summed E-state index contributed by atoms with van der Waals surface area (Å²) < 4.78 is 0. The Morgan fingerprint density at radius 3 is 2.54 bits per heavy atom. The molecular weight excluding hydrogens is 332 g/mol. The van der Waals surface area contributed by atoms with Gasteiger partial charge in [0.1, 0.15) is 11.3 Å². The summed E-state index contributed by atoms with van der Waals surface area (Å²) in [5.41, 5.74) is 0.385. The van der Waals surface area contributed by atoms with Gasteiger partial charge in [-0.25, -0.2) is 4.79 Å². The number of hydrogen-bond acceptors (Lipinski definition) is 4. The van der Waals surface area contributed by atoms with Crippen molar-refractivity contribution in [1.29, 1.82) is 0 Å². The average molecular weight is 349 g/mol. The normalized spacial score (nSPS) is 21.3. The highest BCUT2D eigenvalue weighted by molar-refractivity contribution is 6.33. The molecule has 1 aliphatic carbocycles. The molecule has 1 saturated heterocycles. The van der Waals surface area contributed by atoms with Crippen molar-refractivity contribution in [3.63, 3.8) is 0 Å². The van der Waals surface area contributed by atoms with Gasteiger partial charge in [-0.3, -0.25) is 19.8 Å². The standard InChI is InChI=1S/C17H17ClN2O4/c18-13-9-10(6-7-14(13)21)8-12-15(22)19-17(24)20(16(12)23)11-4-2-1-3-5-11/h6-9,11,21H,1-5H2,(H,19,22,24). The number of hydrogen-bond donors (Lipinski definition) is 2. The van der Waals surface area contributed by atoms with Gasteiger partial charge in [-0.15, -0.1) is 0 Å². The molecule has 1 aromatic carbocycles. The predicted octanol–water partition coefficient (Wildman–Crippen LogP) is 2.84. The molecule has 126 valence electrons. The molecule has 1 saturated carbocycles. The number of urea groups is 1. The van der Waals surface area contributed by atoms with Gasteiger partial charge in [-0.2, -0.15) is 0 Å². The summed E-state index contributed by atoms with van der Waals surface area (Å²) in [6, 6.07) is 3.54. The number of benzene rings is 1. The van der Waals surface area contributed by atoms with Gasteiger partial charge in [0, 0.05) is 6.04 Å². The summed E-state index contributed by atoms with van der Waals surface area (Å²) in [6.07, 6.45) is 5.90. The first-order valence-electron chi connectivity index (χ1n) is 7.86. The molecule has 0 atom stereocenters. The highest BCUT2D eigenvalue weighted by Gasteiger charge is 2.40. The minimum Gasteiger partial charge on any atom is -0.506 e. The molecule has 1 aromatic rings. The largest absolute Gasteiger partial charge is 0.506 e. The maximum absolute atomic E-state index is 12.7. The van der Waals surface area contributed by atoms with E-state index < -0.39 is 17.8 Å². The molecular formula is C17H17ClN2O4. The van der Waals surface area contributed by atoms with E-state index in [1.807, 2.05) is 0 Å². The molecule has 7 heteroatoms. The quantitative estimate of drug-likeness (QED) is 0.635. The van der Waals surface area contributed by atoms with Crippen molar-refractivity contribution in [1.82, 2.24) is 10.2 Å². The van der Waals surface area contributed by atoms with Crippen LogP contribution in [-0.4, -0.2) is 33.9 Å². The third-order valence-corrected chi connectivity index (χ3v) is 4.66. The number of amides is 4. The fraction of sp³-hybridized carbons (Fsp3) is 0.353. The maximum Gasteiger partial charge on any atom is 0.331 e. The Kier molecular flexibility index (Phi) is 4.57. The number of carbonyl (C=O) groups is 3. The summed E-state index contributed by atoms with van der Waals surface area (Å²) in [5, 5.41) is 11.8. The van der Waals surface area contributed by atoms with E-state index in [1.54, 1.807) is 0 Å². The van der Waals surface area contributed by atoms with Crippen molar-refractivity contribution >= 4 is 35.5 Å². The third kappa shape index (κ3) is 3.14. The van der Waals surface area contributed by atoms with Crippen LogP contribution in [0.3, 0.4) is 0 Å². The molecule has 2 fully saturated rings. The minimum atomic E-state index is -0.721. The van der Waals surface area contributed by atoms with E-state index in [-0.39, 0.29) is 22.4 Å². The first-order valence-corrected chi connectivity index (χ1v) is 8.24. The fourth-order valence-corrected chi connectivity index (χ4v) is 3.31. The van der Waals surface area contributed by atoms with Crippen molar-refractivity contribution in [2.45, 2.75) is 38.1 Å². The van der Waals surface area contributed by atoms with E-state index in [0.29, 0.717) is 5.56 Å². The molecule has 0 bridgehead atoms. The second-order valence-electron chi connectivity index (χ2n) is 6.00. The number of nitrogens with one attached hydrogen (secondary N) is 1. The number of halogens is 1. The number of nitrogens with zero attached hydrogens (tertiary/aromatic N) is 1. The summed E-state index contributed by atoms with van der Waals surface area (Å²) >= 11 is 5.85. The Hall–Kier alpha value is -2.34. The van der Waals surface area contributed by atoms with Crippen LogP contribution in [-0.2, 0) is 9.59 Å². The van der Waals surface area contributed by atoms with E-state index >= 15 is 0 Å². The zero-order valence-corrected chi connectivity index (χ0v) is 13.7. The zero-order chi connectivity index (χ0) is 17.3. The molecule has 4 amide bonds. The molecule has 0 unspecified atom stereocenters. The molecule has 0 spiro atoms. The Labute approximate surface area is 144 Å². The van der Waals surface area contributed by atoms with Crippen LogP contribution >= 0.6 is 11.6 Å². The lowest BCUT2D eigenvalue weighted by Gasteiger charge is -2.35. The molecule has 24 heavy (non-hydrogen) atoms. The minimum absolute atomic E-state index is 0.0859. The smallest absolute Gasteiger partial charge is 0.331 e. The van der Waals surface area contributed by atoms with Gasteiger partial charge in [0.05, 0.1) is 5.02 Å². The van der Waals surface area contributed by atoms with Crippen LogP contribution in [0.4, 0.5) is 4.79 Å². The number of carbonyl (C=O) groups excluding carboxylic acids is 3. The lowest BCUT2D eigenvalue weighted by molar-refractivity contribution is -0.132. The Morgan fingerprint density at radius 2 is 1.88 bits per heavy atom. The molecule has 6 nitrogen and oxygen atoms in total. The van der Waals surface area contributed by atoms with Crippen LogP contribution in [0.15, 0.2) is 23.8 Å². The Bertz CT molecular complexity index is 738. The van der Waals surface area contributed by atoms with Crippen LogP contribution in [0.2, 0.25) is 5.02 Å². The lowest BCUT2D eigenvalue weighted by Crippen LogP contribution is -2.58. The van der Waals surface area contributed by atoms with Gasteiger partial charge in [-0.1, -0.05) is 36.9 Å². The van der Waals surface area contributed by atoms with Crippen LogP contribution in [0, 0.1) is 0 Å².